The molecule has 0 spiro atoms. The van der Waals surface area contributed by atoms with E-state index in [9.17, 15) is 0 Å². The molecule has 0 amide bonds. The number of hydrogen-bond acceptors (Lipinski definition) is 2. The van der Waals surface area contributed by atoms with Crippen LogP contribution in [0.1, 0.15) is 36.5 Å². The summed E-state index contributed by atoms with van der Waals surface area (Å²) in [5.74, 6) is 0. The smallest absolute Gasteiger partial charge is 0.0211 e. The zero-order valence-electron chi connectivity index (χ0n) is 12.0. The van der Waals surface area contributed by atoms with E-state index in [1.807, 2.05) is 0 Å². The SMILES string of the molecule is Cc1cccc(CNC(C)CN2CCCC2)c1C. The van der Waals surface area contributed by atoms with Gasteiger partial charge in [0.2, 0.25) is 0 Å². The van der Waals surface area contributed by atoms with Crippen molar-refractivity contribution in [2.45, 2.75) is 46.2 Å². The minimum absolute atomic E-state index is 0.572. The standard InChI is InChI=1S/C16H26N2/c1-13-7-6-8-16(15(13)3)11-17-14(2)12-18-9-4-5-10-18/h6-8,14,17H,4-5,9-12H2,1-3H3. The second kappa shape index (κ2) is 6.35. The summed E-state index contributed by atoms with van der Waals surface area (Å²) < 4.78 is 0. The summed E-state index contributed by atoms with van der Waals surface area (Å²) in [6, 6.07) is 7.15. The molecule has 1 aliphatic rings. The molecule has 1 heterocycles. The minimum Gasteiger partial charge on any atom is -0.309 e. The van der Waals surface area contributed by atoms with Gasteiger partial charge in [-0.25, -0.2) is 0 Å². The van der Waals surface area contributed by atoms with Crippen molar-refractivity contribution in [1.29, 1.82) is 0 Å². The Morgan fingerprint density at radius 2 is 1.94 bits per heavy atom. The second-order valence-corrected chi connectivity index (χ2v) is 5.65. The number of nitrogens with zero attached hydrogens (tertiary/aromatic N) is 1. The van der Waals surface area contributed by atoms with Gasteiger partial charge in [-0.15, -0.1) is 0 Å². The van der Waals surface area contributed by atoms with E-state index < -0.39 is 0 Å². The lowest BCUT2D eigenvalue weighted by molar-refractivity contribution is 0.298. The lowest BCUT2D eigenvalue weighted by atomic mass is 10.0. The molecule has 100 valence electrons. The van der Waals surface area contributed by atoms with Crippen LogP contribution >= 0.6 is 0 Å². The van der Waals surface area contributed by atoms with E-state index in [2.05, 4.69) is 49.2 Å². The maximum atomic E-state index is 3.65. The van der Waals surface area contributed by atoms with Gasteiger partial charge in [0.05, 0.1) is 0 Å². The fourth-order valence-electron chi connectivity index (χ4n) is 2.70. The van der Waals surface area contributed by atoms with Gasteiger partial charge in [0.25, 0.3) is 0 Å². The van der Waals surface area contributed by atoms with Crippen molar-refractivity contribution in [1.82, 2.24) is 10.2 Å². The summed E-state index contributed by atoms with van der Waals surface area (Å²) in [7, 11) is 0. The Kier molecular flexibility index (Phi) is 4.79. The molecule has 1 fully saturated rings. The van der Waals surface area contributed by atoms with Crippen molar-refractivity contribution in [3.05, 3.63) is 34.9 Å². The molecule has 1 N–H and O–H groups in total. The zero-order valence-corrected chi connectivity index (χ0v) is 12.0. The highest BCUT2D eigenvalue weighted by atomic mass is 15.2. The Bertz CT molecular complexity index is 381. The first-order chi connectivity index (χ1) is 8.66. The van der Waals surface area contributed by atoms with Crippen LogP contribution in [-0.2, 0) is 6.54 Å². The summed E-state index contributed by atoms with van der Waals surface area (Å²) in [6.07, 6.45) is 2.76. The molecule has 0 aromatic heterocycles. The third kappa shape index (κ3) is 3.56. The van der Waals surface area contributed by atoms with Crippen LogP contribution in [0, 0.1) is 13.8 Å². The first-order valence-electron chi connectivity index (χ1n) is 7.17. The van der Waals surface area contributed by atoms with Gasteiger partial charge in [-0.3, -0.25) is 0 Å². The van der Waals surface area contributed by atoms with Crippen molar-refractivity contribution < 1.29 is 0 Å². The Hall–Kier alpha value is -0.860. The molecule has 1 aliphatic heterocycles. The van der Waals surface area contributed by atoms with Crippen LogP contribution in [-0.4, -0.2) is 30.6 Å². The molecule has 0 saturated carbocycles. The fraction of sp³-hybridized carbons (Fsp3) is 0.625. The summed E-state index contributed by atoms with van der Waals surface area (Å²) in [5.41, 5.74) is 4.25. The average molecular weight is 246 g/mol. The molecule has 0 bridgehead atoms. The lowest BCUT2D eigenvalue weighted by Crippen LogP contribution is -2.37. The average Bonchev–Trinajstić information content (AvgIpc) is 2.84. The second-order valence-electron chi connectivity index (χ2n) is 5.65. The van der Waals surface area contributed by atoms with E-state index >= 15 is 0 Å². The predicted octanol–water partition coefficient (Wildman–Crippen LogP) is 2.88. The van der Waals surface area contributed by atoms with E-state index in [0.717, 1.165) is 6.54 Å². The molecule has 0 aliphatic carbocycles. The highest BCUT2D eigenvalue weighted by Gasteiger charge is 2.14. The molecule has 2 rings (SSSR count). The highest BCUT2D eigenvalue weighted by Crippen LogP contribution is 2.13. The summed E-state index contributed by atoms with van der Waals surface area (Å²) in [6.45, 7) is 11.5. The monoisotopic (exact) mass is 246 g/mol. The van der Waals surface area contributed by atoms with Gasteiger partial charge in [-0.2, -0.15) is 0 Å². The topological polar surface area (TPSA) is 15.3 Å². The van der Waals surface area contributed by atoms with Crippen LogP contribution in [0.3, 0.4) is 0 Å². The van der Waals surface area contributed by atoms with Crippen molar-refractivity contribution in [3.8, 4) is 0 Å². The molecule has 1 aromatic rings. The Labute approximate surface area is 111 Å². The number of likely N-dealkylation sites (tertiary alicyclic amines) is 1. The first kappa shape index (κ1) is 13.6. The molecule has 0 radical (unpaired) electrons. The Balaban J connectivity index is 1.81. The number of aryl methyl sites for hydroxylation is 1. The third-order valence-electron chi connectivity index (χ3n) is 4.09. The molecule has 2 heteroatoms. The molecule has 1 saturated heterocycles. The molecule has 2 nitrogen and oxygen atoms in total. The van der Waals surface area contributed by atoms with Gasteiger partial charge < -0.3 is 10.2 Å². The zero-order chi connectivity index (χ0) is 13.0. The van der Waals surface area contributed by atoms with E-state index in [4.69, 9.17) is 0 Å². The van der Waals surface area contributed by atoms with Crippen molar-refractivity contribution in [2.75, 3.05) is 19.6 Å². The molecular formula is C16H26N2. The normalized spacial score (nSPS) is 18.2. The predicted molar refractivity (Wildman–Crippen MR) is 77.9 cm³/mol. The van der Waals surface area contributed by atoms with Crippen molar-refractivity contribution in [2.24, 2.45) is 0 Å². The number of benzene rings is 1. The van der Waals surface area contributed by atoms with Crippen LogP contribution in [0.4, 0.5) is 0 Å². The fourth-order valence-corrected chi connectivity index (χ4v) is 2.70. The minimum atomic E-state index is 0.572. The van der Waals surface area contributed by atoms with E-state index in [0.29, 0.717) is 6.04 Å². The van der Waals surface area contributed by atoms with Gasteiger partial charge in [0.1, 0.15) is 0 Å². The van der Waals surface area contributed by atoms with Crippen LogP contribution in [0.15, 0.2) is 18.2 Å². The van der Waals surface area contributed by atoms with E-state index in [1.165, 1.54) is 49.2 Å². The maximum absolute atomic E-state index is 3.65. The largest absolute Gasteiger partial charge is 0.309 e. The summed E-state index contributed by atoms with van der Waals surface area (Å²) in [4.78, 5) is 2.57. The van der Waals surface area contributed by atoms with Crippen molar-refractivity contribution >= 4 is 0 Å². The van der Waals surface area contributed by atoms with E-state index in [1.54, 1.807) is 0 Å². The van der Waals surface area contributed by atoms with Gasteiger partial charge >= 0.3 is 0 Å². The van der Waals surface area contributed by atoms with Gasteiger partial charge in [0, 0.05) is 19.1 Å². The Morgan fingerprint density at radius 3 is 2.67 bits per heavy atom. The van der Waals surface area contributed by atoms with Crippen LogP contribution in [0.25, 0.3) is 0 Å². The first-order valence-corrected chi connectivity index (χ1v) is 7.17. The van der Waals surface area contributed by atoms with Gasteiger partial charge in [-0.05, 0) is 63.4 Å². The van der Waals surface area contributed by atoms with Crippen LogP contribution < -0.4 is 5.32 Å². The third-order valence-corrected chi connectivity index (χ3v) is 4.09. The molecule has 1 aromatic carbocycles. The highest BCUT2D eigenvalue weighted by molar-refractivity contribution is 5.32. The summed E-state index contributed by atoms with van der Waals surface area (Å²) in [5, 5.41) is 3.65. The molecule has 1 atom stereocenters. The van der Waals surface area contributed by atoms with Gasteiger partial charge in [-0.1, -0.05) is 18.2 Å². The van der Waals surface area contributed by atoms with Crippen LogP contribution in [0.5, 0.6) is 0 Å². The number of hydrogen-bond donors (Lipinski definition) is 1. The number of rotatable bonds is 5. The Morgan fingerprint density at radius 1 is 1.22 bits per heavy atom. The van der Waals surface area contributed by atoms with E-state index in [-0.39, 0.29) is 0 Å². The number of nitrogens with one attached hydrogen (secondary N) is 1. The molecular weight excluding hydrogens is 220 g/mol. The van der Waals surface area contributed by atoms with Gasteiger partial charge in [0.15, 0.2) is 0 Å². The molecule has 18 heavy (non-hydrogen) atoms. The van der Waals surface area contributed by atoms with Crippen LogP contribution in [0.2, 0.25) is 0 Å². The molecule has 1 unspecified atom stereocenters. The van der Waals surface area contributed by atoms with Crippen molar-refractivity contribution in [3.63, 3.8) is 0 Å². The maximum Gasteiger partial charge on any atom is 0.0211 e. The quantitative estimate of drug-likeness (QED) is 0.859. The lowest BCUT2D eigenvalue weighted by Gasteiger charge is -2.21. The summed E-state index contributed by atoms with van der Waals surface area (Å²) >= 11 is 0.